The normalized spacial score (nSPS) is 21.5. The van der Waals surface area contributed by atoms with Crippen molar-refractivity contribution >= 4 is 26.7 Å². The summed E-state index contributed by atoms with van der Waals surface area (Å²) >= 11 is 3.69. The lowest BCUT2D eigenvalue weighted by Gasteiger charge is -2.27. The Balaban J connectivity index is 1.45. The lowest BCUT2D eigenvalue weighted by Crippen LogP contribution is -3.13. The van der Waals surface area contributed by atoms with E-state index < -0.39 is 0 Å². The molecule has 1 heterocycles. The Morgan fingerprint density at radius 1 is 1.17 bits per heavy atom. The average Bonchev–Trinajstić information content (AvgIpc) is 2.57. The summed E-state index contributed by atoms with van der Waals surface area (Å²) in [7, 11) is 0. The van der Waals surface area contributed by atoms with Crippen LogP contribution in [0.3, 0.4) is 0 Å². The largest absolute Gasteiger partial charge is 0.492 e. The van der Waals surface area contributed by atoms with Gasteiger partial charge in [-0.25, -0.2) is 0 Å². The number of quaternary nitrogens is 1. The van der Waals surface area contributed by atoms with Crippen LogP contribution in [0.5, 0.6) is 5.75 Å². The van der Waals surface area contributed by atoms with Crippen LogP contribution in [0, 0.1) is 5.92 Å². The summed E-state index contributed by atoms with van der Waals surface area (Å²) in [5, 5.41) is 2.46. The highest BCUT2D eigenvalue weighted by atomic mass is 79.9. The van der Waals surface area contributed by atoms with Gasteiger partial charge < -0.3 is 9.64 Å². The van der Waals surface area contributed by atoms with Crippen LogP contribution in [0.1, 0.15) is 32.6 Å². The fourth-order valence-corrected chi connectivity index (χ4v) is 4.22. The maximum absolute atomic E-state index is 6.00. The van der Waals surface area contributed by atoms with Crippen molar-refractivity contribution in [3.8, 4) is 5.75 Å². The molecule has 2 aromatic rings. The number of rotatable bonds is 6. The van der Waals surface area contributed by atoms with Crippen molar-refractivity contribution in [2.45, 2.75) is 32.6 Å². The molecule has 124 valence electrons. The van der Waals surface area contributed by atoms with Crippen molar-refractivity contribution in [2.24, 2.45) is 5.92 Å². The van der Waals surface area contributed by atoms with Crippen LogP contribution in [0.2, 0.25) is 0 Å². The second-order valence-electron chi connectivity index (χ2n) is 6.86. The third-order valence-corrected chi connectivity index (χ3v) is 5.69. The van der Waals surface area contributed by atoms with E-state index in [9.17, 15) is 0 Å². The van der Waals surface area contributed by atoms with Gasteiger partial charge in [0.2, 0.25) is 0 Å². The second kappa shape index (κ2) is 8.16. The number of piperidine rings is 1. The molecule has 0 saturated carbocycles. The van der Waals surface area contributed by atoms with Gasteiger partial charge in [0.25, 0.3) is 0 Å². The number of nitrogens with one attached hydrogen (secondary N) is 1. The molecule has 2 aromatic carbocycles. The molecule has 2 nitrogen and oxygen atoms in total. The van der Waals surface area contributed by atoms with E-state index in [0.29, 0.717) is 0 Å². The predicted octanol–water partition coefficient (Wildman–Crippen LogP) is 4.08. The van der Waals surface area contributed by atoms with Gasteiger partial charge in [-0.15, -0.1) is 0 Å². The minimum absolute atomic E-state index is 0.805. The van der Waals surface area contributed by atoms with Crippen molar-refractivity contribution in [3.63, 3.8) is 0 Å². The highest BCUT2D eigenvalue weighted by molar-refractivity contribution is 9.10. The molecule has 0 radical (unpaired) electrons. The molecule has 1 N–H and O–H groups in total. The third-order valence-electron chi connectivity index (χ3n) is 4.87. The molecule has 2 atom stereocenters. The summed E-state index contributed by atoms with van der Waals surface area (Å²) in [6, 6.07) is 12.6. The standard InChI is InChI=1S/C20H26BrNO/c1-16-7-6-13-22(15-16)12-4-5-14-23-19-11-10-17-8-2-3-9-18(17)20(19)21/h2-3,8-11,16H,4-7,12-15H2,1H3/p+1/t16-/m1/s1. The van der Waals surface area contributed by atoms with Crippen molar-refractivity contribution in [2.75, 3.05) is 26.2 Å². The van der Waals surface area contributed by atoms with Crippen LogP contribution < -0.4 is 9.64 Å². The molecule has 1 aliphatic heterocycles. The Kier molecular flexibility index (Phi) is 5.96. The average molecular weight is 377 g/mol. The van der Waals surface area contributed by atoms with Gasteiger partial charge in [0.1, 0.15) is 5.75 Å². The maximum atomic E-state index is 6.00. The van der Waals surface area contributed by atoms with E-state index in [1.807, 2.05) is 0 Å². The highest BCUT2D eigenvalue weighted by Gasteiger charge is 2.18. The van der Waals surface area contributed by atoms with E-state index in [-0.39, 0.29) is 0 Å². The molecule has 0 amide bonds. The minimum atomic E-state index is 0.805. The molecule has 1 saturated heterocycles. The molecule has 3 rings (SSSR count). The predicted molar refractivity (Wildman–Crippen MR) is 100 cm³/mol. The first-order chi connectivity index (χ1) is 11.2. The molecule has 23 heavy (non-hydrogen) atoms. The number of hydrogen-bond acceptors (Lipinski definition) is 1. The highest BCUT2D eigenvalue weighted by Crippen LogP contribution is 2.33. The van der Waals surface area contributed by atoms with E-state index in [1.165, 1.54) is 49.7 Å². The Morgan fingerprint density at radius 2 is 2.04 bits per heavy atom. The topological polar surface area (TPSA) is 13.7 Å². The van der Waals surface area contributed by atoms with Gasteiger partial charge >= 0.3 is 0 Å². The van der Waals surface area contributed by atoms with E-state index in [1.54, 1.807) is 4.90 Å². The maximum Gasteiger partial charge on any atom is 0.134 e. The molecule has 3 heteroatoms. The van der Waals surface area contributed by atoms with Crippen LogP contribution in [0.4, 0.5) is 0 Å². The number of halogens is 1. The molecule has 1 fully saturated rings. The lowest BCUT2D eigenvalue weighted by atomic mass is 10.0. The number of hydrogen-bond donors (Lipinski definition) is 1. The fourth-order valence-electron chi connectivity index (χ4n) is 3.61. The monoisotopic (exact) mass is 376 g/mol. The summed E-state index contributed by atoms with van der Waals surface area (Å²) in [5.74, 6) is 1.87. The van der Waals surface area contributed by atoms with E-state index in [0.717, 1.165) is 29.2 Å². The first-order valence-corrected chi connectivity index (χ1v) is 9.67. The van der Waals surface area contributed by atoms with Gasteiger partial charge in [-0.05, 0) is 58.5 Å². The van der Waals surface area contributed by atoms with Crippen LogP contribution in [-0.4, -0.2) is 26.2 Å². The van der Waals surface area contributed by atoms with Crippen LogP contribution in [0.15, 0.2) is 40.9 Å². The molecular formula is C20H27BrNO+. The number of likely N-dealkylation sites (tertiary alicyclic amines) is 1. The first kappa shape index (κ1) is 16.8. The van der Waals surface area contributed by atoms with Gasteiger partial charge in [-0.1, -0.05) is 37.3 Å². The Labute approximate surface area is 147 Å². The van der Waals surface area contributed by atoms with E-state index in [4.69, 9.17) is 4.74 Å². The SMILES string of the molecule is C[C@@H]1CCC[NH+](CCCCOc2ccc3ccccc3c2Br)C1. The molecular weight excluding hydrogens is 350 g/mol. The van der Waals surface area contributed by atoms with Crippen LogP contribution >= 0.6 is 15.9 Å². The van der Waals surface area contributed by atoms with Gasteiger partial charge in [-0.3, -0.25) is 0 Å². The zero-order valence-corrected chi connectivity index (χ0v) is 15.6. The van der Waals surface area contributed by atoms with Crippen LogP contribution in [0.25, 0.3) is 10.8 Å². The molecule has 0 bridgehead atoms. The second-order valence-corrected chi connectivity index (χ2v) is 7.65. The summed E-state index contributed by atoms with van der Waals surface area (Å²) in [6.07, 6.45) is 5.21. The van der Waals surface area contributed by atoms with Gasteiger partial charge in [0.15, 0.2) is 0 Å². The van der Waals surface area contributed by atoms with Crippen molar-refractivity contribution < 1.29 is 9.64 Å². The first-order valence-electron chi connectivity index (χ1n) is 8.87. The molecule has 1 unspecified atom stereocenters. The summed E-state index contributed by atoms with van der Waals surface area (Å²) in [5.41, 5.74) is 0. The van der Waals surface area contributed by atoms with Crippen molar-refractivity contribution in [1.29, 1.82) is 0 Å². The van der Waals surface area contributed by atoms with Crippen LogP contribution in [-0.2, 0) is 0 Å². The number of fused-ring (bicyclic) bond motifs is 1. The summed E-state index contributed by atoms with van der Waals surface area (Å²) < 4.78 is 7.07. The summed E-state index contributed by atoms with van der Waals surface area (Å²) in [4.78, 5) is 1.79. The Morgan fingerprint density at radius 3 is 2.91 bits per heavy atom. The zero-order valence-electron chi connectivity index (χ0n) is 14.0. The number of ether oxygens (including phenoxy) is 1. The zero-order chi connectivity index (χ0) is 16.1. The molecule has 0 aromatic heterocycles. The number of benzene rings is 2. The van der Waals surface area contributed by atoms with Gasteiger partial charge in [0.05, 0.1) is 30.7 Å². The lowest BCUT2D eigenvalue weighted by molar-refractivity contribution is -0.908. The van der Waals surface area contributed by atoms with Gasteiger partial charge in [-0.2, -0.15) is 0 Å². The van der Waals surface area contributed by atoms with Gasteiger partial charge in [0, 0.05) is 5.92 Å². The molecule has 0 aliphatic carbocycles. The Hall–Kier alpha value is -1.06. The fraction of sp³-hybridized carbons (Fsp3) is 0.500. The quantitative estimate of drug-likeness (QED) is 0.749. The minimum Gasteiger partial charge on any atom is -0.492 e. The molecule has 1 aliphatic rings. The van der Waals surface area contributed by atoms with E-state index >= 15 is 0 Å². The van der Waals surface area contributed by atoms with E-state index in [2.05, 4.69) is 59.3 Å². The summed E-state index contributed by atoms with van der Waals surface area (Å²) in [6.45, 7) is 7.21. The van der Waals surface area contributed by atoms with Crippen molar-refractivity contribution in [1.82, 2.24) is 0 Å². The molecule has 0 spiro atoms. The Bertz CT molecular complexity index is 643. The smallest absolute Gasteiger partial charge is 0.134 e. The third kappa shape index (κ3) is 4.48. The van der Waals surface area contributed by atoms with Crippen molar-refractivity contribution in [3.05, 3.63) is 40.9 Å². The number of unbranched alkanes of at least 4 members (excludes halogenated alkanes) is 1.